The molecule has 3 amide bonds. The van der Waals surface area contributed by atoms with Crippen LogP contribution in [0, 0.1) is 0 Å². The van der Waals surface area contributed by atoms with Gasteiger partial charge in [-0.3, -0.25) is 24.6 Å². The molecule has 10 heteroatoms. The van der Waals surface area contributed by atoms with Crippen LogP contribution in [0.25, 0.3) is 0 Å². The number of carbonyl (C=O) groups excluding carboxylic acids is 3. The predicted molar refractivity (Wildman–Crippen MR) is 105 cm³/mol. The maximum atomic E-state index is 12.8. The Labute approximate surface area is 178 Å². The Kier molecular flexibility index (Phi) is 7.19. The highest BCUT2D eigenvalue weighted by Crippen LogP contribution is 2.30. The van der Waals surface area contributed by atoms with Gasteiger partial charge in [0, 0.05) is 18.7 Å². The molecule has 1 aromatic carbocycles. The molecule has 0 bridgehead atoms. The molecule has 3 rings (SSSR count). The van der Waals surface area contributed by atoms with Gasteiger partial charge in [0.25, 0.3) is 5.91 Å². The molecule has 0 spiro atoms. The highest BCUT2D eigenvalue weighted by atomic mass is 19.4. The number of piperidine rings is 1. The molecular formula is C21H26F3N3O4. The molecule has 0 aromatic heterocycles. The fraction of sp³-hybridized carbons (Fsp3) is 0.571. The summed E-state index contributed by atoms with van der Waals surface area (Å²) in [5.74, 6) is -0.340. The fourth-order valence-electron chi connectivity index (χ4n) is 4.20. The van der Waals surface area contributed by atoms with E-state index in [1.807, 2.05) is 6.92 Å². The van der Waals surface area contributed by atoms with Gasteiger partial charge in [0.2, 0.25) is 12.3 Å². The molecule has 0 aliphatic carbocycles. The van der Waals surface area contributed by atoms with Crippen LogP contribution in [0.15, 0.2) is 18.2 Å². The molecule has 31 heavy (non-hydrogen) atoms. The number of benzene rings is 1. The molecule has 1 N–H and O–H groups in total. The van der Waals surface area contributed by atoms with Crippen LogP contribution in [0.5, 0.6) is 5.75 Å². The summed E-state index contributed by atoms with van der Waals surface area (Å²) in [5.41, 5.74) is 1.14. The maximum Gasteiger partial charge on any atom is 0.401 e. The van der Waals surface area contributed by atoms with Gasteiger partial charge in [0.1, 0.15) is 17.9 Å². The van der Waals surface area contributed by atoms with E-state index in [9.17, 15) is 27.6 Å². The first-order valence-electron chi connectivity index (χ1n) is 10.4. The molecule has 2 atom stereocenters. The second-order valence-electron chi connectivity index (χ2n) is 7.92. The number of rotatable bonds is 8. The summed E-state index contributed by atoms with van der Waals surface area (Å²) in [7, 11) is 0. The Balaban J connectivity index is 1.68. The first kappa shape index (κ1) is 23.1. The van der Waals surface area contributed by atoms with Crippen LogP contribution >= 0.6 is 0 Å². The number of halogens is 3. The van der Waals surface area contributed by atoms with Gasteiger partial charge in [-0.25, -0.2) is 0 Å². The van der Waals surface area contributed by atoms with Crippen molar-refractivity contribution < 1.29 is 32.3 Å². The first-order valence-corrected chi connectivity index (χ1v) is 10.4. The number of nitrogens with one attached hydrogen (secondary N) is 1. The summed E-state index contributed by atoms with van der Waals surface area (Å²) in [6, 6.07) is 4.19. The number of hydrogen-bond donors (Lipinski definition) is 1. The summed E-state index contributed by atoms with van der Waals surface area (Å²) in [4.78, 5) is 38.5. The number of carbonyl (C=O) groups is 3. The average molecular weight is 441 g/mol. The third-order valence-electron chi connectivity index (χ3n) is 5.52. The molecule has 1 saturated heterocycles. The Morgan fingerprint density at radius 1 is 1.39 bits per heavy atom. The van der Waals surface area contributed by atoms with E-state index in [-0.39, 0.29) is 25.1 Å². The van der Waals surface area contributed by atoms with Crippen LogP contribution in [0.2, 0.25) is 0 Å². The molecule has 2 heterocycles. The van der Waals surface area contributed by atoms with Crippen LogP contribution in [0.3, 0.4) is 0 Å². The van der Waals surface area contributed by atoms with E-state index in [4.69, 9.17) is 4.74 Å². The molecule has 7 nitrogen and oxygen atoms in total. The number of amides is 3. The van der Waals surface area contributed by atoms with Crippen molar-refractivity contribution in [2.24, 2.45) is 0 Å². The van der Waals surface area contributed by atoms with Gasteiger partial charge in [-0.05, 0) is 49.6 Å². The van der Waals surface area contributed by atoms with Crippen molar-refractivity contribution in [2.45, 2.75) is 57.5 Å². The van der Waals surface area contributed by atoms with Crippen molar-refractivity contribution in [2.75, 3.05) is 19.6 Å². The fourth-order valence-corrected chi connectivity index (χ4v) is 4.20. The average Bonchev–Trinajstić information content (AvgIpc) is 3.01. The largest absolute Gasteiger partial charge is 0.489 e. The Morgan fingerprint density at radius 3 is 2.84 bits per heavy atom. The minimum absolute atomic E-state index is 0.187. The lowest BCUT2D eigenvalue weighted by molar-refractivity contribution is -0.150. The van der Waals surface area contributed by atoms with E-state index in [0.29, 0.717) is 55.5 Å². The maximum absolute atomic E-state index is 12.8. The van der Waals surface area contributed by atoms with Crippen molar-refractivity contribution in [3.8, 4) is 5.75 Å². The highest BCUT2D eigenvalue weighted by molar-refractivity contribution is 6.02. The number of likely N-dealkylation sites (tertiary alicyclic amines) is 1. The highest BCUT2D eigenvalue weighted by Gasteiger charge is 2.37. The van der Waals surface area contributed by atoms with Gasteiger partial charge < -0.3 is 9.64 Å². The zero-order valence-corrected chi connectivity index (χ0v) is 17.3. The summed E-state index contributed by atoms with van der Waals surface area (Å²) < 4.78 is 44.0. The molecule has 2 aliphatic rings. The Morgan fingerprint density at radius 2 is 2.16 bits per heavy atom. The van der Waals surface area contributed by atoms with Crippen molar-refractivity contribution >= 4 is 18.2 Å². The van der Waals surface area contributed by atoms with E-state index in [1.165, 1.54) is 9.80 Å². The minimum Gasteiger partial charge on any atom is -0.489 e. The molecule has 0 radical (unpaired) electrons. The lowest BCUT2D eigenvalue weighted by Gasteiger charge is -2.33. The molecular weight excluding hydrogens is 415 g/mol. The zero-order chi connectivity index (χ0) is 22.6. The lowest BCUT2D eigenvalue weighted by Crippen LogP contribution is -2.46. The molecule has 170 valence electrons. The monoisotopic (exact) mass is 441 g/mol. The van der Waals surface area contributed by atoms with Crippen molar-refractivity contribution in [3.05, 3.63) is 29.3 Å². The van der Waals surface area contributed by atoms with Crippen LogP contribution in [0.1, 0.15) is 48.5 Å². The number of imide groups is 1. The minimum atomic E-state index is -4.25. The van der Waals surface area contributed by atoms with E-state index < -0.39 is 24.7 Å². The molecule has 0 saturated carbocycles. The Hall–Kier alpha value is -2.62. The van der Waals surface area contributed by atoms with Crippen molar-refractivity contribution in [3.63, 3.8) is 0 Å². The first-order chi connectivity index (χ1) is 14.7. The van der Waals surface area contributed by atoms with E-state index in [2.05, 4.69) is 5.32 Å². The SMILES string of the molecule is CCCC(C(=O)NC=O)N1Cc2cc(OC3CCCN(CC(F)(F)F)C3)ccc2C1=O. The molecule has 1 fully saturated rings. The van der Waals surface area contributed by atoms with Gasteiger partial charge >= 0.3 is 6.18 Å². The van der Waals surface area contributed by atoms with Gasteiger partial charge in [-0.15, -0.1) is 0 Å². The van der Waals surface area contributed by atoms with Gasteiger partial charge in [0.15, 0.2) is 0 Å². The standard InChI is InChI=1S/C21H26F3N3O4/c1-2-4-18(19(29)25-13-28)27-10-14-9-15(6-7-17(14)20(27)30)31-16-5-3-8-26(11-16)12-21(22,23)24/h6-7,9,13,16,18H,2-5,8,10-12H2,1H3,(H,25,28,29). The van der Waals surface area contributed by atoms with Gasteiger partial charge in [-0.2, -0.15) is 13.2 Å². The summed E-state index contributed by atoms with van der Waals surface area (Å²) in [6.07, 6.45) is -1.97. The van der Waals surface area contributed by atoms with Crippen LogP contribution in [0.4, 0.5) is 13.2 Å². The van der Waals surface area contributed by atoms with Crippen LogP contribution in [-0.4, -0.2) is 66.0 Å². The second kappa shape index (κ2) is 9.67. The van der Waals surface area contributed by atoms with Gasteiger partial charge in [-0.1, -0.05) is 13.3 Å². The number of hydrogen-bond acceptors (Lipinski definition) is 5. The van der Waals surface area contributed by atoms with Crippen molar-refractivity contribution in [1.82, 2.24) is 15.1 Å². The van der Waals surface area contributed by atoms with Crippen molar-refractivity contribution in [1.29, 1.82) is 0 Å². The summed E-state index contributed by atoms with van der Waals surface area (Å²) in [6.45, 7) is 1.70. The topological polar surface area (TPSA) is 79.0 Å². The third-order valence-corrected chi connectivity index (χ3v) is 5.52. The van der Waals surface area contributed by atoms with Gasteiger partial charge in [0.05, 0.1) is 6.54 Å². The van der Waals surface area contributed by atoms with Crippen LogP contribution in [-0.2, 0) is 16.1 Å². The summed E-state index contributed by atoms with van der Waals surface area (Å²) in [5, 5.41) is 2.12. The third kappa shape index (κ3) is 5.75. The van der Waals surface area contributed by atoms with E-state index >= 15 is 0 Å². The lowest BCUT2D eigenvalue weighted by atomic mass is 10.1. The molecule has 2 unspecified atom stereocenters. The normalized spacial score (nSPS) is 20.3. The van der Waals surface area contributed by atoms with E-state index in [0.717, 1.165) is 0 Å². The number of alkyl halides is 3. The van der Waals surface area contributed by atoms with Crippen LogP contribution < -0.4 is 10.1 Å². The number of nitrogens with zero attached hydrogens (tertiary/aromatic N) is 2. The number of fused-ring (bicyclic) bond motifs is 1. The quantitative estimate of drug-likeness (QED) is 0.627. The second-order valence-corrected chi connectivity index (χ2v) is 7.92. The predicted octanol–water partition coefficient (Wildman–Crippen LogP) is 2.49. The summed E-state index contributed by atoms with van der Waals surface area (Å²) >= 11 is 0. The zero-order valence-electron chi connectivity index (χ0n) is 17.3. The Bertz CT molecular complexity index is 831. The smallest absolute Gasteiger partial charge is 0.401 e. The number of ether oxygens (including phenoxy) is 1. The molecule has 2 aliphatic heterocycles. The van der Waals surface area contributed by atoms with E-state index in [1.54, 1.807) is 18.2 Å². The molecule has 1 aromatic rings.